The number of halogens is 1. The van der Waals surface area contributed by atoms with E-state index >= 15 is 0 Å². The van der Waals surface area contributed by atoms with E-state index < -0.39 is 0 Å². The van der Waals surface area contributed by atoms with Crippen LogP contribution < -0.4 is 5.32 Å². The third kappa shape index (κ3) is 3.81. The number of ether oxygens (including phenoxy) is 1. The molecule has 0 aliphatic carbocycles. The van der Waals surface area contributed by atoms with Crippen molar-refractivity contribution in [2.24, 2.45) is 0 Å². The number of benzene rings is 2. The number of hydrogen-bond acceptors (Lipinski definition) is 4. The third-order valence-electron chi connectivity index (χ3n) is 4.79. The fraction of sp³-hybridized carbons (Fsp3) is 0.273. The first-order chi connectivity index (χ1) is 13.3. The SMILES string of the molecule is COCCN1C(=O)C(Nc2ccc(Cl)cc2C)=C(c2ccc(C)cc2C)C1=O. The monoisotopic (exact) mass is 398 g/mol. The summed E-state index contributed by atoms with van der Waals surface area (Å²) >= 11 is 6.04. The van der Waals surface area contributed by atoms with Crippen molar-refractivity contribution in [3.05, 3.63) is 69.4 Å². The lowest BCUT2D eigenvalue weighted by Gasteiger charge is -2.15. The van der Waals surface area contributed by atoms with Crippen molar-refractivity contribution in [1.29, 1.82) is 0 Å². The highest BCUT2D eigenvalue weighted by Crippen LogP contribution is 2.33. The maximum Gasteiger partial charge on any atom is 0.278 e. The van der Waals surface area contributed by atoms with Gasteiger partial charge in [0.05, 0.1) is 18.7 Å². The summed E-state index contributed by atoms with van der Waals surface area (Å²) in [7, 11) is 1.54. The first-order valence-electron chi connectivity index (χ1n) is 9.03. The third-order valence-corrected chi connectivity index (χ3v) is 5.02. The van der Waals surface area contributed by atoms with Gasteiger partial charge in [0.25, 0.3) is 11.8 Å². The van der Waals surface area contributed by atoms with E-state index in [0.717, 1.165) is 27.9 Å². The number of nitrogens with zero attached hydrogens (tertiary/aromatic N) is 1. The van der Waals surface area contributed by atoms with Crippen molar-refractivity contribution in [2.45, 2.75) is 20.8 Å². The minimum atomic E-state index is -0.355. The van der Waals surface area contributed by atoms with Crippen LogP contribution in [0.2, 0.25) is 5.02 Å². The number of carbonyl (C=O) groups is 2. The number of rotatable bonds is 6. The molecule has 1 aliphatic rings. The zero-order valence-corrected chi connectivity index (χ0v) is 17.2. The number of imide groups is 1. The van der Waals surface area contributed by atoms with Crippen molar-refractivity contribution < 1.29 is 14.3 Å². The van der Waals surface area contributed by atoms with E-state index in [-0.39, 0.29) is 30.7 Å². The van der Waals surface area contributed by atoms with E-state index in [4.69, 9.17) is 16.3 Å². The molecule has 1 aliphatic heterocycles. The maximum atomic E-state index is 13.1. The van der Waals surface area contributed by atoms with Crippen LogP contribution in [0, 0.1) is 20.8 Å². The second-order valence-corrected chi connectivity index (χ2v) is 7.34. The van der Waals surface area contributed by atoms with Gasteiger partial charge in [0.2, 0.25) is 0 Å². The Kier molecular flexibility index (Phi) is 5.87. The number of methoxy groups -OCH3 is 1. The standard InChI is InChI=1S/C22H23ClN2O3/c1-13-5-7-17(14(2)11-13)19-20(22(27)25(21(19)26)9-10-28-4)24-18-8-6-16(23)12-15(18)3/h5-8,11-12,24H,9-10H2,1-4H3. The van der Waals surface area contributed by atoms with Crippen LogP contribution in [0.1, 0.15) is 22.3 Å². The molecule has 2 aromatic carbocycles. The van der Waals surface area contributed by atoms with Crippen LogP contribution in [-0.4, -0.2) is 37.0 Å². The van der Waals surface area contributed by atoms with E-state index in [1.54, 1.807) is 19.2 Å². The van der Waals surface area contributed by atoms with Crippen molar-refractivity contribution in [2.75, 3.05) is 25.6 Å². The summed E-state index contributed by atoms with van der Waals surface area (Å²) in [4.78, 5) is 27.4. The molecular weight excluding hydrogens is 376 g/mol. The molecule has 0 unspecified atom stereocenters. The Balaban J connectivity index is 2.11. The largest absolute Gasteiger partial charge is 0.383 e. The molecule has 0 aromatic heterocycles. The molecular formula is C22H23ClN2O3. The highest BCUT2D eigenvalue weighted by Gasteiger charge is 2.39. The predicted molar refractivity (Wildman–Crippen MR) is 111 cm³/mol. The summed E-state index contributed by atoms with van der Waals surface area (Å²) in [5.41, 5.74) is 5.06. The lowest BCUT2D eigenvalue weighted by molar-refractivity contribution is -0.137. The Morgan fingerprint density at radius 3 is 2.39 bits per heavy atom. The molecule has 0 saturated carbocycles. The summed E-state index contributed by atoms with van der Waals surface area (Å²) < 4.78 is 5.07. The lowest BCUT2D eigenvalue weighted by Crippen LogP contribution is -2.35. The molecule has 6 heteroatoms. The van der Waals surface area contributed by atoms with Crippen molar-refractivity contribution in [3.63, 3.8) is 0 Å². The summed E-state index contributed by atoms with van der Waals surface area (Å²) in [6.45, 7) is 6.32. The number of nitrogens with one attached hydrogen (secondary N) is 1. The van der Waals surface area contributed by atoms with Crippen molar-refractivity contribution in [1.82, 2.24) is 4.90 Å². The van der Waals surface area contributed by atoms with Gasteiger partial charge in [-0.05, 0) is 55.7 Å². The lowest BCUT2D eigenvalue weighted by atomic mass is 9.97. The van der Waals surface area contributed by atoms with Crippen LogP contribution in [0.4, 0.5) is 5.69 Å². The zero-order valence-electron chi connectivity index (χ0n) is 16.4. The summed E-state index contributed by atoms with van der Waals surface area (Å²) in [5.74, 6) is -0.672. The van der Waals surface area contributed by atoms with Crippen LogP contribution in [0.25, 0.3) is 5.57 Å². The number of hydrogen-bond donors (Lipinski definition) is 1. The minimum absolute atomic E-state index is 0.202. The van der Waals surface area contributed by atoms with Crippen LogP contribution in [-0.2, 0) is 14.3 Å². The molecule has 0 spiro atoms. The molecule has 146 valence electrons. The maximum absolute atomic E-state index is 13.1. The van der Waals surface area contributed by atoms with Crippen LogP contribution in [0.15, 0.2) is 42.1 Å². The normalized spacial score (nSPS) is 14.2. The number of anilines is 1. The second-order valence-electron chi connectivity index (χ2n) is 6.91. The highest BCUT2D eigenvalue weighted by molar-refractivity contribution is 6.36. The van der Waals surface area contributed by atoms with E-state index in [9.17, 15) is 9.59 Å². The van der Waals surface area contributed by atoms with Gasteiger partial charge < -0.3 is 10.1 Å². The second kappa shape index (κ2) is 8.17. The fourth-order valence-electron chi connectivity index (χ4n) is 3.32. The Morgan fingerprint density at radius 1 is 1.00 bits per heavy atom. The molecule has 2 aromatic rings. The van der Waals surface area contributed by atoms with Crippen LogP contribution in [0.3, 0.4) is 0 Å². The Bertz CT molecular complexity index is 982. The molecule has 1 heterocycles. The highest BCUT2D eigenvalue weighted by atomic mass is 35.5. The van der Waals surface area contributed by atoms with Crippen molar-refractivity contribution >= 4 is 34.7 Å². The van der Waals surface area contributed by atoms with Gasteiger partial charge in [0.15, 0.2) is 0 Å². The number of amides is 2. The van der Waals surface area contributed by atoms with Gasteiger partial charge in [-0.25, -0.2) is 0 Å². The number of carbonyl (C=O) groups excluding carboxylic acids is 2. The first kappa shape index (κ1) is 20.1. The molecule has 0 radical (unpaired) electrons. The molecule has 0 atom stereocenters. The van der Waals surface area contributed by atoms with Gasteiger partial charge >= 0.3 is 0 Å². The molecule has 2 amide bonds. The molecule has 5 nitrogen and oxygen atoms in total. The molecule has 0 bridgehead atoms. The Morgan fingerprint density at radius 2 is 1.75 bits per heavy atom. The molecule has 0 fully saturated rings. The topological polar surface area (TPSA) is 58.6 Å². The summed E-state index contributed by atoms with van der Waals surface area (Å²) in [6, 6.07) is 11.2. The fourth-order valence-corrected chi connectivity index (χ4v) is 3.55. The van der Waals surface area contributed by atoms with Gasteiger partial charge in [-0.1, -0.05) is 35.4 Å². The van der Waals surface area contributed by atoms with Crippen LogP contribution in [0.5, 0.6) is 0 Å². The summed E-state index contributed by atoms with van der Waals surface area (Å²) in [6.07, 6.45) is 0. The molecule has 3 rings (SSSR count). The average Bonchev–Trinajstić information content (AvgIpc) is 2.86. The van der Waals surface area contributed by atoms with Gasteiger partial charge in [-0.3, -0.25) is 14.5 Å². The van der Waals surface area contributed by atoms with E-state index in [1.807, 2.05) is 45.0 Å². The van der Waals surface area contributed by atoms with Crippen molar-refractivity contribution in [3.8, 4) is 0 Å². The zero-order chi connectivity index (χ0) is 20.4. The Hall–Kier alpha value is -2.63. The molecule has 1 N–H and O–H groups in total. The van der Waals surface area contributed by atoms with Gasteiger partial charge in [-0.2, -0.15) is 0 Å². The molecule has 0 saturated heterocycles. The Labute approximate surface area is 169 Å². The quantitative estimate of drug-likeness (QED) is 0.744. The average molecular weight is 399 g/mol. The van der Waals surface area contributed by atoms with E-state index in [2.05, 4.69) is 5.32 Å². The first-order valence-corrected chi connectivity index (χ1v) is 9.41. The smallest absolute Gasteiger partial charge is 0.278 e. The van der Waals surface area contributed by atoms with E-state index in [0.29, 0.717) is 10.6 Å². The predicted octanol–water partition coefficient (Wildman–Crippen LogP) is 4.10. The van der Waals surface area contributed by atoms with Gasteiger partial charge in [0.1, 0.15) is 5.70 Å². The minimum Gasteiger partial charge on any atom is -0.383 e. The summed E-state index contributed by atoms with van der Waals surface area (Å²) in [5, 5.41) is 3.79. The van der Waals surface area contributed by atoms with Crippen LogP contribution >= 0.6 is 11.6 Å². The number of aryl methyl sites for hydroxylation is 3. The van der Waals surface area contributed by atoms with E-state index in [1.165, 1.54) is 4.90 Å². The van der Waals surface area contributed by atoms with Gasteiger partial charge in [0, 0.05) is 17.8 Å². The van der Waals surface area contributed by atoms with Gasteiger partial charge in [-0.15, -0.1) is 0 Å². The molecule has 28 heavy (non-hydrogen) atoms.